The van der Waals surface area contributed by atoms with Crippen molar-refractivity contribution < 1.29 is 14.6 Å². The molecule has 2 heterocycles. The summed E-state index contributed by atoms with van der Waals surface area (Å²) in [5.41, 5.74) is 6.91. The summed E-state index contributed by atoms with van der Waals surface area (Å²) in [4.78, 5) is 17.2. The summed E-state index contributed by atoms with van der Waals surface area (Å²) in [6, 6.07) is -0.238. The highest BCUT2D eigenvalue weighted by Crippen LogP contribution is 2.51. The lowest BCUT2D eigenvalue weighted by Crippen LogP contribution is -2.83. The Labute approximate surface area is 117 Å². The molecule has 1 amide bonds. The summed E-state index contributed by atoms with van der Waals surface area (Å²) in [5.74, 6) is -0.281. The molecular formula is C13H20N4O3. The molecule has 1 aliphatic carbocycles. The van der Waals surface area contributed by atoms with Gasteiger partial charge in [-0.2, -0.15) is 0 Å². The van der Waals surface area contributed by atoms with E-state index in [1.807, 2.05) is 0 Å². The Hall–Kier alpha value is -1.30. The van der Waals surface area contributed by atoms with Crippen LogP contribution in [-0.2, 0) is 9.53 Å². The fourth-order valence-corrected chi connectivity index (χ4v) is 4.07. The van der Waals surface area contributed by atoms with E-state index in [1.54, 1.807) is 4.90 Å². The van der Waals surface area contributed by atoms with E-state index >= 15 is 0 Å². The number of carbonyl (C=O) groups is 1. The highest BCUT2D eigenvalue weighted by atomic mass is 16.5. The first-order valence-electron chi connectivity index (χ1n) is 7.30. The Morgan fingerprint density at radius 2 is 2.20 bits per heavy atom. The molecule has 0 bridgehead atoms. The Kier molecular flexibility index (Phi) is 3.16. The fraction of sp³-hybridized carbons (Fsp3) is 0.923. The van der Waals surface area contributed by atoms with Gasteiger partial charge in [-0.25, -0.2) is 0 Å². The van der Waals surface area contributed by atoms with Gasteiger partial charge in [0.1, 0.15) is 5.72 Å². The van der Waals surface area contributed by atoms with Crippen molar-refractivity contribution >= 4 is 5.91 Å². The third-order valence-electron chi connectivity index (χ3n) is 5.06. The van der Waals surface area contributed by atoms with Crippen molar-refractivity contribution in [2.45, 2.75) is 68.9 Å². The van der Waals surface area contributed by atoms with E-state index in [-0.39, 0.29) is 11.9 Å². The number of rotatable bonds is 2. The maximum Gasteiger partial charge on any atom is 0.242 e. The van der Waals surface area contributed by atoms with Gasteiger partial charge in [0.05, 0.1) is 18.8 Å². The molecule has 3 rings (SSSR count). The van der Waals surface area contributed by atoms with E-state index in [4.69, 9.17) is 10.3 Å². The maximum absolute atomic E-state index is 12.6. The van der Waals surface area contributed by atoms with E-state index in [0.717, 1.165) is 32.1 Å². The minimum atomic E-state index is -1.33. The quantitative estimate of drug-likeness (QED) is 0.361. The van der Waals surface area contributed by atoms with Crippen molar-refractivity contribution in [1.29, 1.82) is 0 Å². The van der Waals surface area contributed by atoms with Crippen LogP contribution in [-0.4, -0.2) is 45.9 Å². The maximum atomic E-state index is 12.6. The zero-order chi connectivity index (χ0) is 14.4. The minimum Gasteiger partial charge on any atom is -0.392 e. The van der Waals surface area contributed by atoms with Gasteiger partial charge in [0, 0.05) is 4.91 Å². The van der Waals surface area contributed by atoms with Crippen LogP contribution in [0.1, 0.15) is 45.4 Å². The molecule has 3 fully saturated rings. The molecule has 1 N–H and O–H groups in total. The van der Waals surface area contributed by atoms with E-state index in [2.05, 4.69) is 10.0 Å². The summed E-state index contributed by atoms with van der Waals surface area (Å²) in [6.07, 6.45) is 4.54. The van der Waals surface area contributed by atoms with Crippen molar-refractivity contribution in [2.75, 3.05) is 6.61 Å². The molecule has 110 valence electrons. The number of β-lactam (4-membered cyclic amide) rings is 1. The van der Waals surface area contributed by atoms with Crippen molar-refractivity contribution in [2.24, 2.45) is 5.11 Å². The molecule has 2 aliphatic heterocycles. The zero-order valence-corrected chi connectivity index (χ0v) is 11.7. The highest BCUT2D eigenvalue weighted by Gasteiger charge is 2.69. The molecule has 20 heavy (non-hydrogen) atoms. The van der Waals surface area contributed by atoms with Gasteiger partial charge in [-0.1, -0.05) is 11.5 Å². The number of azide groups is 1. The molecule has 0 unspecified atom stereocenters. The second-order valence-corrected chi connectivity index (χ2v) is 6.03. The van der Waals surface area contributed by atoms with Gasteiger partial charge in [0.2, 0.25) is 5.91 Å². The van der Waals surface area contributed by atoms with Gasteiger partial charge in [-0.3, -0.25) is 4.79 Å². The Morgan fingerprint density at radius 3 is 2.80 bits per heavy atom. The summed E-state index contributed by atoms with van der Waals surface area (Å²) >= 11 is 0. The van der Waals surface area contributed by atoms with Crippen LogP contribution in [0.25, 0.3) is 10.4 Å². The lowest BCUT2D eigenvalue weighted by molar-refractivity contribution is -0.265. The average Bonchev–Trinajstić information content (AvgIpc) is 2.44. The number of amides is 1. The molecule has 0 aromatic carbocycles. The predicted octanol–water partition coefficient (Wildman–Crippen LogP) is 1.71. The van der Waals surface area contributed by atoms with Gasteiger partial charge in [0.15, 0.2) is 5.54 Å². The molecular weight excluding hydrogens is 260 g/mol. The lowest BCUT2D eigenvalue weighted by atomic mass is 9.69. The van der Waals surface area contributed by atoms with Gasteiger partial charge >= 0.3 is 0 Å². The molecule has 0 aromatic rings. The average molecular weight is 280 g/mol. The van der Waals surface area contributed by atoms with Crippen molar-refractivity contribution in [3.63, 3.8) is 0 Å². The van der Waals surface area contributed by atoms with Crippen LogP contribution in [0.15, 0.2) is 5.11 Å². The van der Waals surface area contributed by atoms with E-state index in [0.29, 0.717) is 13.0 Å². The van der Waals surface area contributed by atoms with Crippen LogP contribution in [0.4, 0.5) is 0 Å². The van der Waals surface area contributed by atoms with Crippen LogP contribution in [0.2, 0.25) is 0 Å². The van der Waals surface area contributed by atoms with E-state index in [1.165, 1.54) is 6.92 Å². The minimum absolute atomic E-state index is 0.238. The normalized spacial score (nSPS) is 36.8. The first-order chi connectivity index (χ1) is 9.58. The summed E-state index contributed by atoms with van der Waals surface area (Å²) in [7, 11) is 0. The molecule has 1 spiro atoms. The molecule has 3 atom stereocenters. The van der Waals surface area contributed by atoms with E-state index in [9.17, 15) is 9.90 Å². The predicted molar refractivity (Wildman–Crippen MR) is 70.6 cm³/mol. The topological polar surface area (TPSA) is 98.5 Å². The van der Waals surface area contributed by atoms with Crippen LogP contribution < -0.4 is 0 Å². The number of aliphatic hydroxyl groups excluding tert-OH is 1. The van der Waals surface area contributed by atoms with Crippen LogP contribution in [0, 0.1) is 0 Å². The smallest absolute Gasteiger partial charge is 0.242 e. The SMILES string of the molecule is C[C@H](O)[C@]1(N=[N+]=[N-])C(=O)N2[C@@H]1CCOC21CCCCC1. The highest BCUT2D eigenvalue weighted by molar-refractivity contribution is 5.96. The fourth-order valence-electron chi connectivity index (χ4n) is 4.07. The first-order valence-corrected chi connectivity index (χ1v) is 7.30. The number of fused-ring (bicyclic) bond motifs is 2. The molecule has 3 aliphatic rings. The monoisotopic (exact) mass is 280 g/mol. The van der Waals surface area contributed by atoms with Gasteiger partial charge in [-0.05, 0) is 44.6 Å². The summed E-state index contributed by atoms with van der Waals surface area (Å²) < 4.78 is 5.95. The molecule has 2 saturated heterocycles. The van der Waals surface area contributed by atoms with Gasteiger partial charge in [0.25, 0.3) is 0 Å². The lowest BCUT2D eigenvalue weighted by Gasteiger charge is -2.65. The van der Waals surface area contributed by atoms with Gasteiger partial charge < -0.3 is 14.7 Å². The van der Waals surface area contributed by atoms with Gasteiger partial charge in [-0.15, -0.1) is 0 Å². The molecule has 0 radical (unpaired) electrons. The van der Waals surface area contributed by atoms with E-state index < -0.39 is 17.4 Å². The second kappa shape index (κ2) is 4.62. The Morgan fingerprint density at radius 1 is 1.50 bits per heavy atom. The Bertz CT molecular complexity index is 463. The molecule has 0 aromatic heterocycles. The number of ether oxygens (including phenoxy) is 1. The summed E-state index contributed by atoms with van der Waals surface area (Å²) in [6.45, 7) is 2.07. The van der Waals surface area contributed by atoms with Crippen LogP contribution in [0.3, 0.4) is 0 Å². The number of aliphatic hydroxyl groups is 1. The third kappa shape index (κ3) is 1.54. The molecule has 7 heteroatoms. The largest absolute Gasteiger partial charge is 0.392 e. The molecule has 1 saturated carbocycles. The van der Waals surface area contributed by atoms with Crippen LogP contribution >= 0.6 is 0 Å². The Balaban J connectivity index is 1.96. The number of hydrogen-bond acceptors (Lipinski definition) is 4. The third-order valence-corrected chi connectivity index (χ3v) is 5.06. The van der Waals surface area contributed by atoms with Crippen LogP contribution in [0.5, 0.6) is 0 Å². The number of carbonyl (C=O) groups excluding carboxylic acids is 1. The first kappa shape index (κ1) is 13.7. The number of nitrogens with zero attached hydrogens (tertiary/aromatic N) is 4. The van der Waals surface area contributed by atoms with Crippen molar-refractivity contribution in [1.82, 2.24) is 4.90 Å². The van der Waals surface area contributed by atoms with Crippen molar-refractivity contribution in [3.05, 3.63) is 10.4 Å². The second-order valence-electron chi connectivity index (χ2n) is 6.03. The molecule has 7 nitrogen and oxygen atoms in total. The van der Waals surface area contributed by atoms with Crippen molar-refractivity contribution in [3.8, 4) is 0 Å². The standard InChI is InChI=1S/C13H20N4O3/c1-9(18)13(15-16-14)10-5-8-20-12(17(10)11(13)19)6-3-2-4-7-12/h9-10,18H,2-8H2,1H3/t9-,10+,13+/m0/s1. The summed E-state index contributed by atoms with van der Waals surface area (Å²) in [5, 5.41) is 13.7. The number of hydrogen-bond donors (Lipinski definition) is 1. The zero-order valence-electron chi connectivity index (χ0n) is 11.7.